The summed E-state index contributed by atoms with van der Waals surface area (Å²) in [7, 11) is 0. The van der Waals surface area contributed by atoms with E-state index in [0.717, 1.165) is 5.56 Å². The van der Waals surface area contributed by atoms with E-state index in [9.17, 15) is 14.0 Å². The van der Waals surface area contributed by atoms with Gasteiger partial charge in [0.25, 0.3) is 0 Å². The molecule has 0 bridgehead atoms. The van der Waals surface area contributed by atoms with Gasteiger partial charge in [0.15, 0.2) is 0 Å². The predicted octanol–water partition coefficient (Wildman–Crippen LogP) is 2.28. The van der Waals surface area contributed by atoms with Gasteiger partial charge in [0.2, 0.25) is 11.8 Å². The molecule has 0 aliphatic rings. The number of nitrogens with zero attached hydrogens (tertiary/aromatic N) is 1. The van der Waals surface area contributed by atoms with Crippen LogP contribution in [0.4, 0.5) is 4.39 Å². The van der Waals surface area contributed by atoms with Crippen LogP contribution < -0.4 is 11.1 Å². The first-order valence-electron chi connectivity index (χ1n) is 8.61. The molecule has 0 aromatic heterocycles. The molecule has 27 heavy (non-hydrogen) atoms. The summed E-state index contributed by atoms with van der Waals surface area (Å²) in [6.07, 6.45) is 0.725. The minimum atomic E-state index is -0.387. The fourth-order valence-electron chi connectivity index (χ4n) is 2.56. The molecule has 0 saturated heterocycles. The smallest absolute Gasteiger partial charge is 0.242 e. The van der Waals surface area contributed by atoms with Crippen LogP contribution in [0.5, 0.6) is 0 Å². The van der Waals surface area contributed by atoms with Gasteiger partial charge in [0.05, 0.1) is 13.0 Å². The molecule has 0 saturated carbocycles. The van der Waals surface area contributed by atoms with E-state index in [1.807, 2.05) is 30.3 Å². The Morgan fingerprint density at radius 3 is 2.41 bits per heavy atom. The highest BCUT2D eigenvalue weighted by atomic mass is 35.5. The Balaban J connectivity index is 0.00000364. The second-order valence-corrected chi connectivity index (χ2v) is 6.03. The van der Waals surface area contributed by atoms with Crippen LogP contribution in [0.25, 0.3) is 0 Å². The van der Waals surface area contributed by atoms with E-state index in [-0.39, 0.29) is 43.0 Å². The van der Waals surface area contributed by atoms with Gasteiger partial charge < -0.3 is 16.0 Å². The van der Waals surface area contributed by atoms with Crippen LogP contribution in [0.2, 0.25) is 0 Å². The van der Waals surface area contributed by atoms with E-state index >= 15 is 0 Å². The third-order valence-corrected chi connectivity index (χ3v) is 3.89. The molecular weight excluding hydrogens is 369 g/mol. The van der Waals surface area contributed by atoms with E-state index in [0.29, 0.717) is 31.6 Å². The molecule has 0 aliphatic heterocycles. The lowest BCUT2D eigenvalue weighted by molar-refractivity contribution is -0.133. The molecule has 0 radical (unpaired) electrons. The largest absolute Gasteiger partial charge is 0.347 e. The third kappa shape index (κ3) is 8.19. The Kier molecular flexibility index (Phi) is 10.1. The highest BCUT2D eigenvalue weighted by Crippen LogP contribution is 2.06. The van der Waals surface area contributed by atoms with Crippen LogP contribution in [-0.4, -0.2) is 36.3 Å². The number of amides is 2. The number of halogens is 2. The maximum Gasteiger partial charge on any atom is 0.242 e. The zero-order valence-corrected chi connectivity index (χ0v) is 15.9. The van der Waals surface area contributed by atoms with Gasteiger partial charge in [-0.1, -0.05) is 42.5 Å². The molecule has 2 amide bonds. The summed E-state index contributed by atoms with van der Waals surface area (Å²) >= 11 is 0. The summed E-state index contributed by atoms with van der Waals surface area (Å²) in [6.45, 7) is 1.40. The Hall–Kier alpha value is -2.44. The van der Waals surface area contributed by atoms with Crippen molar-refractivity contribution in [3.05, 3.63) is 71.5 Å². The van der Waals surface area contributed by atoms with Gasteiger partial charge in [-0.15, -0.1) is 12.4 Å². The van der Waals surface area contributed by atoms with Crippen LogP contribution in [0, 0.1) is 5.82 Å². The quantitative estimate of drug-likeness (QED) is 0.686. The van der Waals surface area contributed by atoms with Crippen molar-refractivity contribution in [2.45, 2.75) is 19.4 Å². The van der Waals surface area contributed by atoms with E-state index in [1.54, 1.807) is 17.0 Å². The van der Waals surface area contributed by atoms with Gasteiger partial charge >= 0.3 is 0 Å². The zero-order valence-electron chi connectivity index (χ0n) is 15.1. The monoisotopic (exact) mass is 393 g/mol. The van der Waals surface area contributed by atoms with E-state index < -0.39 is 0 Å². The third-order valence-electron chi connectivity index (χ3n) is 3.89. The summed E-state index contributed by atoms with van der Waals surface area (Å²) in [5.74, 6) is -0.875. The first-order chi connectivity index (χ1) is 12.6. The highest BCUT2D eigenvalue weighted by molar-refractivity contribution is 5.86. The molecule has 2 aromatic carbocycles. The normalized spacial score (nSPS) is 10.0. The van der Waals surface area contributed by atoms with Gasteiger partial charge in [-0.3, -0.25) is 9.59 Å². The summed E-state index contributed by atoms with van der Waals surface area (Å²) < 4.78 is 13.2. The number of carbonyl (C=O) groups is 2. The van der Waals surface area contributed by atoms with Gasteiger partial charge in [0.1, 0.15) is 5.82 Å². The van der Waals surface area contributed by atoms with Crippen LogP contribution in [-0.2, 0) is 22.6 Å². The lowest BCUT2D eigenvalue weighted by Crippen LogP contribution is -2.41. The Bertz CT molecular complexity index is 728. The molecule has 7 heteroatoms. The van der Waals surface area contributed by atoms with Crippen LogP contribution >= 0.6 is 12.4 Å². The molecule has 0 aliphatic carbocycles. The maximum absolute atomic E-state index is 13.2. The number of carbonyl (C=O) groups excluding carboxylic acids is 2. The fourth-order valence-corrected chi connectivity index (χ4v) is 2.56. The Morgan fingerprint density at radius 2 is 1.74 bits per heavy atom. The van der Waals surface area contributed by atoms with Crippen molar-refractivity contribution in [1.82, 2.24) is 10.2 Å². The summed E-state index contributed by atoms with van der Waals surface area (Å²) in [5, 5.41) is 2.61. The van der Waals surface area contributed by atoms with Gasteiger partial charge in [-0.2, -0.15) is 0 Å². The molecular formula is C20H25ClFN3O2. The SMILES string of the molecule is Cl.NCCCN(Cc1ccccc1)C(=O)CNC(=O)Cc1cccc(F)c1. The molecule has 0 heterocycles. The molecule has 146 valence electrons. The first-order valence-corrected chi connectivity index (χ1v) is 8.61. The molecule has 0 atom stereocenters. The second kappa shape index (κ2) is 12.0. The van der Waals surface area contributed by atoms with Crippen molar-refractivity contribution < 1.29 is 14.0 Å². The average Bonchev–Trinajstić information content (AvgIpc) is 2.64. The number of hydrogen-bond acceptors (Lipinski definition) is 3. The maximum atomic E-state index is 13.2. The van der Waals surface area contributed by atoms with Crippen molar-refractivity contribution in [3.8, 4) is 0 Å². The lowest BCUT2D eigenvalue weighted by Gasteiger charge is -2.23. The van der Waals surface area contributed by atoms with Crippen molar-refractivity contribution >= 4 is 24.2 Å². The summed E-state index contributed by atoms with van der Waals surface area (Å²) in [5.41, 5.74) is 7.14. The number of nitrogens with one attached hydrogen (secondary N) is 1. The van der Waals surface area contributed by atoms with E-state index in [1.165, 1.54) is 12.1 Å². The number of hydrogen-bond donors (Lipinski definition) is 2. The highest BCUT2D eigenvalue weighted by Gasteiger charge is 2.15. The first kappa shape index (κ1) is 22.6. The molecule has 2 aromatic rings. The minimum absolute atomic E-state index is 0. The minimum Gasteiger partial charge on any atom is -0.347 e. The number of nitrogens with two attached hydrogens (primary N) is 1. The topological polar surface area (TPSA) is 75.4 Å². The van der Waals surface area contributed by atoms with Crippen molar-refractivity contribution in [2.75, 3.05) is 19.6 Å². The predicted molar refractivity (Wildman–Crippen MR) is 106 cm³/mol. The van der Waals surface area contributed by atoms with Gasteiger partial charge in [0, 0.05) is 13.1 Å². The van der Waals surface area contributed by atoms with Crippen LogP contribution in [0.1, 0.15) is 17.5 Å². The van der Waals surface area contributed by atoms with Crippen molar-refractivity contribution in [3.63, 3.8) is 0 Å². The zero-order chi connectivity index (χ0) is 18.8. The lowest BCUT2D eigenvalue weighted by atomic mass is 10.1. The molecule has 0 unspecified atom stereocenters. The molecule has 2 rings (SSSR count). The molecule has 0 spiro atoms. The second-order valence-electron chi connectivity index (χ2n) is 6.03. The number of rotatable bonds is 9. The summed E-state index contributed by atoms with van der Waals surface area (Å²) in [6, 6.07) is 15.5. The average molecular weight is 394 g/mol. The van der Waals surface area contributed by atoms with Crippen molar-refractivity contribution in [2.24, 2.45) is 5.73 Å². The summed E-state index contributed by atoms with van der Waals surface area (Å²) in [4.78, 5) is 26.2. The molecule has 3 N–H and O–H groups in total. The molecule has 5 nitrogen and oxygen atoms in total. The fraction of sp³-hybridized carbons (Fsp3) is 0.300. The van der Waals surface area contributed by atoms with Gasteiger partial charge in [-0.25, -0.2) is 4.39 Å². The Labute approximate surface area is 165 Å². The Morgan fingerprint density at radius 1 is 1.04 bits per heavy atom. The number of benzene rings is 2. The van der Waals surface area contributed by atoms with Crippen molar-refractivity contribution in [1.29, 1.82) is 0 Å². The van der Waals surface area contributed by atoms with Crippen LogP contribution in [0.15, 0.2) is 54.6 Å². The van der Waals surface area contributed by atoms with E-state index in [4.69, 9.17) is 5.73 Å². The molecule has 0 fully saturated rings. The van der Waals surface area contributed by atoms with Crippen LogP contribution in [0.3, 0.4) is 0 Å². The van der Waals surface area contributed by atoms with Gasteiger partial charge in [-0.05, 0) is 36.2 Å². The van der Waals surface area contributed by atoms with E-state index in [2.05, 4.69) is 5.32 Å². The standard InChI is InChI=1S/C20H24FN3O2.ClH/c21-18-9-4-8-17(12-18)13-19(25)23-14-20(26)24(11-5-10-22)15-16-6-2-1-3-7-16;/h1-4,6-9,12H,5,10-11,13-15,22H2,(H,23,25);1H.